The number of allylic oxidation sites excluding steroid dienone is 1. The number of amides is 2. The molecule has 11 nitrogen and oxygen atoms in total. The molecule has 1 spiro atoms. The van der Waals surface area contributed by atoms with E-state index in [4.69, 9.17) is 15.2 Å². The Morgan fingerprint density at radius 1 is 1.20 bits per heavy atom. The molecule has 3 N–H and O–H groups in total. The molecule has 12 heteroatoms. The van der Waals surface area contributed by atoms with Crippen LogP contribution in [0.25, 0.3) is 0 Å². The van der Waals surface area contributed by atoms with E-state index in [2.05, 4.69) is 56.4 Å². The van der Waals surface area contributed by atoms with Gasteiger partial charge in [-0.3, -0.25) is 19.0 Å². The third kappa shape index (κ3) is 6.67. The van der Waals surface area contributed by atoms with E-state index < -0.39 is 21.7 Å². The number of fused-ring (bicyclic) bond motifs is 4. The number of nitrogens with zero attached hydrogens (tertiary/aromatic N) is 4. The van der Waals surface area contributed by atoms with Crippen LogP contribution in [0.15, 0.2) is 59.1 Å². The fourth-order valence-corrected chi connectivity index (χ4v) is 10.3. The summed E-state index contributed by atoms with van der Waals surface area (Å²) in [6.07, 6.45) is 11.5. The molecule has 3 aromatic rings. The van der Waals surface area contributed by atoms with Gasteiger partial charge in [0, 0.05) is 44.4 Å². The predicted octanol–water partition coefficient (Wildman–Crippen LogP) is 5.37. The van der Waals surface area contributed by atoms with Crippen molar-refractivity contribution in [3.63, 3.8) is 0 Å². The number of hydrogen-bond acceptors (Lipinski definition) is 8. The lowest BCUT2D eigenvalue weighted by Crippen LogP contribution is -2.49. The third-order valence-electron chi connectivity index (χ3n) is 11.1. The zero-order valence-corrected chi connectivity index (χ0v) is 30.2. The van der Waals surface area contributed by atoms with Crippen LogP contribution >= 0.6 is 0 Å². The van der Waals surface area contributed by atoms with Gasteiger partial charge in [-0.2, -0.15) is 5.10 Å². The van der Waals surface area contributed by atoms with Crippen molar-refractivity contribution in [1.82, 2.24) is 14.5 Å². The van der Waals surface area contributed by atoms with Crippen molar-refractivity contribution in [1.29, 1.82) is 0 Å². The number of ether oxygens (including phenoxy) is 2. The third-order valence-corrected chi connectivity index (χ3v) is 13.0. The Morgan fingerprint density at radius 2 is 2.04 bits per heavy atom. The van der Waals surface area contributed by atoms with Crippen LogP contribution in [0, 0.1) is 24.7 Å². The lowest BCUT2D eigenvalue weighted by Gasteiger charge is -2.46. The average molecular weight is 701 g/mol. The van der Waals surface area contributed by atoms with Gasteiger partial charge in [0.2, 0.25) is 0 Å². The highest BCUT2D eigenvalue weighted by Crippen LogP contribution is 2.47. The number of rotatable bonds is 3. The molecule has 1 saturated carbocycles. The van der Waals surface area contributed by atoms with Gasteiger partial charge in [-0.05, 0) is 92.5 Å². The molecule has 266 valence electrons. The van der Waals surface area contributed by atoms with Crippen molar-refractivity contribution in [3.05, 3.63) is 82.6 Å². The van der Waals surface area contributed by atoms with Gasteiger partial charge in [0.15, 0.2) is 5.82 Å². The van der Waals surface area contributed by atoms with Gasteiger partial charge in [0.25, 0.3) is 11.8 Å². The second kappa shape index (κ2) is 13.5. The molecule has 2 aromatic carbocycles. The van der Waals surface area contributed by atoms with Crippen molar-refractivity contribution in [3.8, 4) is 5.75 Å². The molecule has 0 radical (unpaired) electrons. The number of carbonyl (C=O) groups excluding carboxylic acids is 2. The van der Waals surface area contributed by atoms with E-state index in [0.717, 1.165) is 50.9 Å². The zero-order chi connectivity index (χ0) is 35.2. The highest BCUT2D eigenvalue weighted by atomic mass is 32.2. The first-order valence-electron chi connectivity index (χ1n) is 17.7. The zero-order valence-electron chi connectivity index (χ0n) is 29.4. The Morgan fingerprint density at radius 3 is 2.78 bits per heavy atom. The predicted molar refractivity (Wildman–Crippen MR) is 195 cm³/mol. The summed E-state index contributed by atoms with van der Waals surface area (Å²) in [7, 11) is -0.170. The summed E-state index contributed by atoms with van der Waals surface area (Å²) >= 11 is 0. The number of aryl methyl sites for hydroxylation is 3. The molecular formula is C38H48N6O5S. The summed E-state index contributed by atoms with van der Waals surface area (Å²) in [6.45, 7) is 6.16. The Balaban J connectivity index is 1.31. The lowest BCUT2D eigenvalue weighted by atomic mass is 9.68. The van der Waals surface area contributed by atoms with Crippen LogP contribution in [0.4, 0.5) is 11.5 Å². The van der Waals surface area contributed by atoms with Gasteiger partial charge >= 0.3 is 0 Å². The molecule has 2 bridgehead atoms. The van der Waals surface area contributed by atoms with Crippen LogP contribution in [0.3, 0.4) is 0 Å². The minimum Gasteiger partial charge on any atom is -0.490 e. The van der Waals surface area contributed by atoms with Gasteiger partial charge in [-0.15, -0.1) is 4.36 Å². The smallest absolute Gasteiger partial charge is 0.286 e. The van der Waals surface area contributed by atoms with E-state index >= 15 is 0 Å². The largest absolute Gasteiger partial charge is 0.490 e. The van der Waals surface area contributed by atoms with Crippen LogP contribution in [0.1, 0.15) is 76.4 Å². The molecule has 2 amide bonds. The number of nitrogens with two attached hydrogens (primary N) is 1. The van der Waals surface area contributed by atoms with Crippen molar-refractivity contribution in [2.75, 3.05) is 43.2 Å². The quantitative estimate of drug-likeness (QED) is 0.348. The minimum atomic E-state index is -3.57. The molecular weight excluding hydrogens is 653 g/mol. The highest BCUT2D eigenvalue weighted by Gasteiger charge is 2.44. The van der Waals surface area contributed by atoms with Crippen LogP contribution in [0.2, 0.25) is 0 Å². The second-order valence-corrected chi connectivity index (χ2v) is 16.9. The standard InChI is InChI=1S/C38H48N6O5S/c1-24-10-14-31-26(17-24)8-6-16-38(31)22-44-19-28-11-13-29(28)33(48-4)9-5-7-25(2)21-50(47,42-37(46)30-20-43(3)40-35(30)39)41-36(45)27-12-15-34(49-23-38)32(44)18-27/h5,9-10,12,14-15,17-18,20,25,28-29,33H,6-8,11,13,16,19,21-23H2,1-4H3,(H2,39,40)(H,41,42,45,46,47)/b9-5+/t25-,28-,29+,33-,38-,50?/m0/s1. The topological polar surface area (TPSA) is 141 Å². The fourth-order valence-electron chi connectivity index (χ4n) is 8.41. The summed E-state index contributed by atoms with van der Waals surface area (Å²) in [4.78, 5) is 29.7. The van der Waals surface area contributed by atoms with E-state index in [9.17, 15) is 13.8 Å². The van der Waals surface area contributed by atoms with E-state index in [0.29, 0.717) is 30.6 Å². The Bertz CT molecular complexity index is 1960. The molecule has 1 aromatic heterocycles. The van der Waals surface area contributed by atoms with Crippen molar-refractivity contribution < 1.29 is 23.3 Å². The van der Waals surface area contributed by atoms with Crippen molar-refractivity contribution >= 4 is 33.2 Å². The van der Waals surface area contributed by atoms with E-state index in [-0.39, 0.29) is 40.1 Å². The molecule has 2 aliphatic carbocycles. The summed E-state index contributed by atoms with van der Waals surface area (Å²) in [6, 6.07) is 12.2. The average Bonchev–Trinajstić information content (AvgIpc) is 3.33. The first kappa shape index (κ1) is 34.3. The number of hydrogen-bond donors (Lipinski definition) is 2. The Kier molecular flexibility index (Phi) is 9.27. The first-order valence-corrected chi connectivity index (χ1v) is 19.4. The highest BCUT2D eigenvalue weighted by molar-refractivity contribution is 7.92. The molecule has 0 saturated heterocycles. The molecule has 4 aliphatic rings. The first-order chi connectivity index (χ1) is 24.0. The van der Waals surface area contributed by atoms with Crippen molar-refractivity contribution in [2.45, 2.75) is 63.9 Å². The molecule has 6 atom stereocenters. The Hall–Kier alpha value is -4.16. The lowest BCUT2D eigenvalue weighted by molar-refractivity contribution is 0.0131. The molecule has 3 heterocycles. The molecule has 50 heavy (non-hydrogen) atoms. The summed E-state index contributed by atoms with van der Waals surface area (Å²) < 4.78 is 35.4. The summed E-state index contributed by atoms with van der Waals surface area (Å²) in [5.74, 6) is -0.0891. The molecule has 1 unspecified atom stereocenters. The number of carbonyl (C=O) groups is 2. The summed E-state index contributed by atoms with van der Waals surface area (Å²) in [5, 5.41) is 4.04. The monoisotopic (exact) mass is 700 g/mol. The second-order valence-electron chi connectivity index (χ2n) is 14.9. The number of methoxy groups -OCH3 is 1. The molecule has 1 fully saturated rings. The van der Waals surface area contributed by atoms with E-state index in [1.54, 1.807) is 20.2 Å². The maximum absolute atomic E-state index is 14.5. The fraction of sp³-hybridized carbons (Fsp3) is 0.500. The summed E-state index contributed by atoms with van der Waals surface area (Å²) in [5.41, 5.74) is 10.9. The van der Waals surface area contributed by atoms with Crippen molar-refractivity contribution in [2.24, 2.45) is 29.2 Å². The molecule has 7 rings (SSSR count). The van der Waals surface area contributed by atoms with Crippen LogP contribution < -0.4 is 20.1 Å². The number of anilines is 2. The van der Waals surface area contributed by atoms with Crippen LogP contribution in [-0.2, 0) is 33.5 Å². The van der Waals surface area contributed by atoms with E-state index in [1.165, 1.54) is 27.6 Å². The Labute approximate surface area is 294 Å². The van der Waals surface area contributed by atoms with Crippen LogP contribution in [0.5, 0.6) is 5.75 Å². The minimum absolute atomic E-state index is 0.00256. The van der Waals surface area contributed by atoms with Gasteiger partial charge < -0.3 is 20.1 Å². The number of nitrogens with one attached hydrogen (secondary N) is 1. The number of nitrogen functional groups attached to an aromatic ring is 1. The SMILES string of the molecule is CO[C@H]1/C=C/C[C@H](C)CS(=O)(NC(=O)c2cn(C)nc2N)=NC(=O)c2ccc3c(c2)N(C[C@@H]2CC[C@H]21)C[C@@]1(CCCc2cc(C)ccc21)CO3. The van der Waals surface area contributed by atoms with Gasteiger partial charge in [-0.1, -0.05) is 42.8 Å². The van der Waals surface area contributed by atoms with Crippen LogP contribution in [-0.4, -0.2) is 64.5 Å². The normalized spacial score (nSPS) is 30.2. The number of benzene rings is 2. The number of aromatic nitrogens is 2. The maximum Gasteiger partial charge on any atom is 0.286 e. The van der Waals surface area contributed by atoms with Gasteiger partial charge in [-0.25, -0.2) is 4.21 Å². The van der Waals surface area contributed by atoms with Gasteiger partial charge in [0.05, 0.1) is 24.2 Å². The van der Waals surface area contributed by atoms with E-state index in [1.807, 2.05) is 19.1 Å². The van der Waals surface area contributed by atoms with Gasteiger partial charge in [0.1, 0.15) is 21.2 Å². The maximum atomic E-state index is 14.5. The molecule has 2 aliphatic heterocycles.